The maximum Gasteiger partial charge on any atom is 0.280 e. The number of hydrogen-bond acceptors (Lipinski definition) is 6. The Morgan fingerprint density at radius 2 is 1.92 bits per heavy atom. The van der Waals surface area contributed by atoms with Gasteiger partial charge in [-0.25, -0.2) is 4.98 Å². The summed E-state index contributed by atoms with van der Waals surface area (Å²) in [5.41, 5.74) is 2.20. The van der Waals surface area contributed by atoms with Crippen LogP contribution < -0.4 is 16.0 Å². The largest absolute Gasteiger partial charge is 0.354 e. The summed E-state index contributed by atoms with van der Waals surface area (Å²) in [6.45, 7) is 5.58. The fraction of sp³-hybridized carbons (Fsp3) is 0.481. The average Bonchev–Trinajstić information content (AvgIpc) is 3.48. The fourth-order valence-corrected chi connectivity index (χ4v) is 6.54. The number of nitrogens with one attached hydrogen (secondary N) is 4. The molecule has 3 heterocycles. The predicted molar refractivity (Wildman–Crippen MR) is 149 cm³/mol. The number of fused-ring (bicyclic) bond motifs is 2. The van der Waals surface area contributed by atoms with Crippen LogP contribution in [0.4, 0.5) is 0 Å². The summed E-state index contributed by atoms with van der Waals surface area (Å²) in [6.07, 6.45) is 2.46. The number of amides is 3. The zero-order valence-corrected chi connectivity index (χ0v) is 23.3. The molecule has 0 saturated heterocycles. The van der Waals surface area contributed by atoms with E-state index in [-0.39, 0.29) is 35.7 Å². The van der Waals surface area contributed by atoms with Gasteiger partial charge in [-0.1, -0.05) is 11.6 Å². The number of carbonyl (C=O) groups is 3. The maximum absolute atomic E-state index is 13.3. The zero-order chi connectivity index (χ0) is 27.0. The van der Waals surface area contributed by atoms with Crippen molar-refractivity contribution in [1.82, 2.24) is 30.8 Å². The van der Waals surface area contributed by atoms with Gasteiger partial charge in [0.25, 0.3) is 11.8 Å². The van der Waals surface area contributed by atoms with Gasteiger partial charge in [-0.3, -0.25) is 14.4 Å². The van der Waals surface area contributed by atoms with Gasteiger partial charge in [0.2, 0.25) is 5.91 Å². The number of rotatable bonds is 6. The minimum absolute atomic E-state index is 0.0269. The Bertz CT molecular complexity index is 1370. The van der Waals surface area contributed by atoms with Crippen molar-refractivity contribution in [2.45, 2.75) is 64.2 Å². The van der Waals surface area contributed by atoms with Gasteiger partial charge < -0.3 is 25.8 Å². The Hall–Kier alpha value is -2.95. The van der Waals surface area contributed by atoms with Crippen molar-refractivity contribution in [3.63, 3.8) is 0 Å². The molecular weight excluding hydrogens is 524 g/mol. The second-order valence-corrected chi connectivity index (χ2v) is 12.1. The number of aromatic amines is 1. The van der Waals surface area contributed by atoms with Crippen LogP contribution in [-0.4, -0.2) is 64.3 Å². The Morgan fingerprint density at radius 3 is 2.71 bits per heavy atom. The maximum atomic E-state index is 13.3. The van der Waals surface area contributed by atoms with Gasteiger partial charge in [0.05, 0.1) is 11.7 Å². The first-order chi connectivity index (χ1) is 18.2. The van der Waals surface area contributed by atoms with Crippen LogP contribution in [0, 0.1) is 5.92 Å². The molecule has 0 radical (unpaired) electrons. The molecule has 1 saturated carbocycles. The third kappa shape index (κ3) is 5.87. The number of H-pyrrole nitrogens is 1. The van der Waals surface area contributed by atoms with Gasteiger partial charge in [-0.15, -0.1) is 11.3 Å². The quantitative estimate of drug-likeness (QED) is 0.370. The van der Waals surface area contributed by atoms with Crippen molar-refractivity contribution >= 4 is 51.6 Å². The van der Waals surface area contributed by atoms with Crippen LogP contribution in [0.15, 0.2) is 24.3 Å². The summed E-state index contributed by atoms with van der Waals surface area (Å²) in [7, 11) is 2.06. The highest BCUT2D eigenvalue weighted by Gasteiger charge is 2.37. The summed E-state index contributed by atoms with van der Waals surface area (Å²) in [5.74, 6) is -0.804. The minimum atomic E-state index is -0.418. The third-order valence-electron chi connectivity index (χ3n) is 7.23. The minimum Gasteiger partial charge on any atom is -0.354 e. The topological polar surface area (TPSA) is 119 Å². The average molecular weight is 557 g/mol. The highest BCUT2D eigenvalue weighted by molar-refractivity contribution is 7.13. The molecule has 2 aliphatic rings. The number of thiazole rings is 1. The molecule has 3 unspecified atom stereocenters. The molecule has 3 atom stereocenters. The number of hydrogen-bond donors (Lipinski definition) is 4. The Kier molecular flexibility index (Phi) is 7.74. The standard InChI is InChI=1S/C27H33ClN6O3S/c1-14(2)29-24(35)15-4-6-19(31-26(37)27-33-20-8-9-34(3)13-23(20)38-27)21(11-15)32-25(36)22-12-16-10-17(28)5-7-18(16)30-22/h5,7,10,12,14-15,19,21,30H,4,6,8-9,11,13H2,1-3H3,(H,29,35)(H,31,37)(H,32,36). The van der Waals surface area contributed by atoms with Gasteiger partial charge in [0.1, 0.15) is 5.69 Å². The number of halogens is 1. The van der Waals surface area contributed by atoms with E-state index in [9.17, 15) is 14.4 Å². The first-order valence-corrected chi connectivity index (χ1v) is 14.2. The number of benzene rings is 1. The van der Waals surface area contributed by atoms with Crippen molar-refractivity contribution in [2.24, 2.45) is 5.92 Å². The molecule has 202 valence electrons. The van der Waals surface area contributed by atoms with E-state index in [2.05, 4.69) is 37.9 Å². The van der Waals surface area contributed by atoms with E-state index in [1.807, 2.05) is 19.9 Å². The van der Waals surface area contributed by atoms with E-state index < -0.39 is 6.04 Å². The van der Waals surface area contributed by atoms with E-state index in [0.29, 0.717) is 35.0 Å². The Labute approximate surface area is 230 Å². The lowest BCUT2D eigenvalue weighted by molar-refractivity contribution is -0.126. The molecule has 38 heavy (non-hydrogen) atoms. The van der Waals surface area contributed by atoms with Crippen LogP contribution in [0.3, 0.4) is 0 Å². The van der Waals surface area contributed by atoms with Crippen LogP contribution in [0.25, 0.3) is 10.9 Å². The lowest BCUT2D eigenvalue weighted by Gasteiger charge is -2.36. The number of likely N-dealkylation sites (N-methyl/N-ethyl adjacent to an activating group) is 1. The first-order valence-electron chi connectivity index (χ1n) is 13.0. The normalized spacial score (nSPS) is 21.8. The van der Waals surface area contributed by atoms with Gasteiger partial charge in [-0.2, -0.15) is 0 Å². The second kappa shape index (κ2) is 11.0. The van der Waals surface area contributed by atoms with Crippen molar-refractivity contribution in [3.05, 3.63) is 50.6 Å². The van der Waals surface area contributed by atoms with Crippen LogP contribution in [0.2, 0.25) is 5.02 Å². The van der Waals surface area contributed by atoms with E-state index >= 15 is 0 Å². The molecule has 5 rings (SSSR count). The third-order valence-corrected chi connectivity index (χ3v) is 8.55. The molecular formula is C27H33ClN6O3S. The van der Waals surface area contributed by atoms with Gasteiger partial charge in [0, 0.05) is 58.3 Å². The Morgan fingerprint density at radius 1 is 1.13 bits per heavy atom. The van der Waals surface area contributed by atoms with Gasteiger partial charge in [-0.05, 0) is 64.4 Å². The van der Waals surface area contributed by atoms with E-state index in [1.54, 1.807) is 18.2 Å². The van der Waals surface area contributed by atoms with Crippen molar-refractivity contribution in [1.29, 1.82) is 0 Å². The molecule has 3 amide bonds. The second-order valence-electron chi connectivity index (χ2n) is 10.6. The molecule has 1 fully saturated rings. The molecule has 1 aliphatic carbocycles. The molecule has 3 aromatic rings. The summed E-state index contributed by atoms with van der Waals surface area (Å²) < 4.78 is 0. The molecule has 1 aliphatic heterocycles. The van der Waals surface area contributed by atoms with Crippen LogP contribution in [0.5, 0.6) is 0 Å². The van der Waals surface area contributed by atoms with Crippen LogP contribution in [0.1, 0.15) is 64.0 Å². The number of aromatic nitrogens is 2. The van der Waals surface area contributed by atoms with Crippen molar-refractivity contribution in [2.75, 3.05) is 13.6 Å². The van der Waals surface area contributed by atoms with Crippen LogP contribution >= 0.6 is 22.9 Å². The summed E-state index contributed by atoms with van der Waals surface area (Å²) >= 11 is 7.54. The van der Waals surface area contributed by atoms with Crippen molar-refractivity contribution in [3.8, 4) is 0 Å². The zero-order valence-electron chi connectivity index (χ0n) is 21.8. The smallest absolute Gasteiger partial charge is 0.280 e. The van der Waals surface area contributed by atoms with Gasteiger partial charge >= 0.3 is 0 Å². The first kappa shape index (κ1) is 26.6. The summed E-state index contributed by atoms with van der Waals surface area (Å²) in [5, 5.41) is 11.1. The van der Waals surface area contributed by atoms with E-state index in [4.69, 9.17) is 11.6 Å². The molecule has 9 nitrogen and oxygen atoms in total. The molecule has 0 spiro atoms. The Balaban J connectivity index is 1.33. The molecule has 0 bridgehead atoms. The van der Waals surface area contributed by atoms with Crippen LogP contribution in [-0.2, 0) is 17.8 Å². The highest BCUT2D eigenvalue weighted by Crippen LogP contribution is 2.28. The summed E-state index contributed by atoms with van der Waals surface area (Å²) in [4.78, 5) is 50.4. The van der Waals surface area contributed by atoms with E-state index in [0.717, 1.165) is 41.0 Å². The SMILES string of the molecule is CC(C)NC(=O)C1CCC(NC(=O)c2nc3c(s2)CN(C)CC3)C(NC(=O)c2cc3cc(Cl)ccc3[nH]2)C1. The molecule has 2 aromatic heterocycles. The van der Waals surface area contributed by atoms with Crippen molar-refractivity contribution < 1.29 is 14.4 Å². The lowest BCUT2D eigenvalue weighted by Crippen LogP contribution is -2.56. The van der Waals surface area contributed by atoms with E-state index in [1.165, 1.54) is 11.3 Å². The highest BCUT2D eigenvalue weighted by atomic mass is 35.5. The number of nitrogens with zero attached hydrogens (tertiary/aromatic N) is 2. The molecule has 1 aromatic carbocycles. The summed E-state index contributed by atoms with van der Waals surface area (Å²) in [6, 6.07) is 6.44. The lowest BCUT2D eigenvalue weighted by atomic mass is 9.81. The monoisotopic (exact) mass is 556 g/mol. The molecule has 11 heteroatoms. The molecule has 4 N–H and O–H groups in total. The van der Waals surface area contributed by atoms with Gasteiger partial charge in [0.15, 0.2) is 5.01 Å². The number of carbonyl (C=O) groups excluding carboxylic acids is 3. The fourth-order valence-electron chi connectivity index (χ4n) is 5.27. The predicted octanol–water partition coefficient (Wildman–Crippen LogP) is 3.49.